The van der Waals surface area contributed by atoms with Crippen LogP contribution in [0.3, 0.4) is 0 Å². The van der Waals surface area contributed by atoms with Crippen molar-refractivity contribution in [1.29, 1.82) is 0 Å². The minimum Gasteiger partial charge on any atom is -0.316 e. The van der Waals surface area contributed by atoms with Gasteiger partial charge in [0.05, 0.1) is 0 Å². The fourth-order valence-electron chi connectivity index (χ4n) is 2.88. The molecule has 2 unspecified atom stereocenters. The zero-order valence-corrected chi connectivity index (χ0v) is 10.9. The predicted molar refractivity (Wildman–Crippen MR) is 67.2 cm³/mol. The number of hydrogen-bond donors (Lipinski definition) is 1. The Morgan fingerprint density at radius 1 is 1.33 bits per heavy atom. The van der Waals surface area contributed by atoms with Gasteiger partial charge in [0.1, 0.15) is 0 Å². The van der Waals surface area contributed by atoms with Gasteiger partial charge >= 0.3 is 0 Å². The Bertz CT molecular complexity index is 166. The van der Waals surface area contributed by atoms with E-state index in [1.165, 1.54) is 38.8 Å². The second-order valence-corrected chi connectivity index (χ2v) is 4.94. The van der Waals surface area contributed by atoms with Crippen molar-refractivity contribution in [1.82, 2.24) is 10.2 Å². The van der Waals surface area contributed by atoms with E-state index in [0.29, 0.717) is 0 Å². The molecule has 1 aliphatic heterocycles. The molecule has 0 bridgehead atoms. The topological polar surface area (TPSA) is 15.3 Å². The van der Waals surface area contributed by atoms with Crippen molar-refractivity contribution in [2.75, 3.05) is 20.1 Å². The van der Waals surface area contributed by atoms with E-state index in [0.717, 1.165) is 18.0 Å². The van der Waals surface area contributed by atoms with Gasteiger partial charge in [0, 0.05) is 18.6 Å². The first-order valence-corrected chi connectivity index (χ1v) is 6.64. The largest absolute Gasteiger partial charge is 0.316 e. The molecule has 1 rings (SSSR count). The molecular formula is C13H28N2. The van der Waals surface area contributed by atoms with Crippen LogP contribution in [0.15, 0.2) is 0 Å². The molecule has 2 nitrogen and oxygen atoms in total. The highest BCUT2D eigenvalue weighted by atomic mass is 15.2. The quantitative estimate of drug-likeness (QED) is 0.753. The van der Waals surface area contributed by atoms with Crippen LogP contribution in [-0.2, 0) is 0 Å². The van der Waals surface area contributed by atoms with Gasteiger partial charge < -0.3 is 5.32 Å². The number of likely N-dealkylation sites (tertiary alicyclic amines) is 1. The first kappa shape index (κ1) is 13.0. The Kier molecular flexibility index (Phi) is 5.62. The van der Waals surface area contributed by atoms with E-state index < -0.39 is 0 Å². The molecule has 2 atom stereocenters. The summed E-state index contributed by atoms with van der Waals surface area (Å²) in [6.07, 6.45) is 5.34. The Labute approximate surface area is 95.4 Å². The second-order valence-electron chi connectivity index (χ2n) is 4.94. The first-order valence-electron chi connectivity index (χ1n) is 6.64. The van der Waals surface area contributed by atoms with E-state index in [1.54, 1.807) is 0 Å². The first-order chi connectivity index (χ1) is 7.22. The summed E-state index contributed by atoms with van der Waals surface area (Å²) >= 11 is 0. The molecule has 90 valence electrons. The van der Waals surface area contributed by atoms with Crippen LogP contribution in [0.2, 0.25) is 0 Å². The molecule has 1 saturated heterocycles. The summed E-state index contributed by atoms with van der Waals surface area (Å²) in [5, 5.41) is 3.42. The lowest BCUT2D eigenvalue weighted by Crippen LogP contribution is -2.49. The molecule has 0 aromatic carbocycles. The lowest BCUT2D eigenvalue weighted by atomic mass is 9.92. The molecular weight excluding hydrogens is 184 g/mol. The van der Waals surface area contributed by atoms with Gasteiger partial charge in [0.2, 0.25) is 0 Å². The van der Waals surface area contributed by atoms with Crippen molar-refractivity contribution >= 4 is 0 Å². The van der Waals surface area contributed by atoms with Crippen molar-refractivity contribution in [3.05, 3.63) is 0 Å². The van der Waals surface area contributed by atoms with E-state index in [9.17, 15) is 0 Å². The minimum absolute atomic E-state index is 0.718. The molecule has 0 aromatic rings. The number of rotatable bonds is 5. The molecule has 15 heavy (non-hydrogen) atoms. The fourth-order valence-corrected chi connectivity index (χ4v) is 2.88. The van der Waals surface area contributed by atoms with Gasteiger partial charge in [-0.25, -0.2) is 0 Å². The van der Waals surface area contributed by atoms with Crippen molar-refractivity contribution in [3.8, 4) is 0 Å². The van der Waals surface area contributed by atoms with Crippen LogP contribution >= 0.6 is 0 Å². The third-order valence-electron chi connectivity index (χ3n) is 4.17. The third kappa shape index (κ3) is 3.46. The van der Waals surface area contributed by atoms with Gasteiger partial charge in [-0.3, -0.25) is 4.90 Å². The van der Waals surface area contributed by atoms with E-state index >= 15 is 0 Å². The summed E-state index contributed by atoms with van der Waals surface area (Å²) < 4.78 is 0. The van der Waals surface area contributed by atoms with Gasteiger partial charge in [0.15, 0.2) is 0 Å². The van der Waals surface area contributed by atoms with Crippen LogP contribution in [-0.4, -0.2) is 37.1 Å². The van der Waals surface area contributed by atoms with Crippen molar-refractivity contribution in [3.63, 3.8) is 0 Å². The fraction of sp³-hybridized carbons (Fsp3) is 1.00. The molecule has 0 aliphatic carbocycles. The SMILES string of the molecule is CCC(CC)C(C)N1CCCC(NC)C1. The van der Waals surface area contributed by atoms with E-state index in [-0.39, 0.29) is 0 Å². The van der Waals surface area contributed by atoms with Gasteiger partial charge in [-0.15, -0.1) is 0 Å². The normalized spacial score (nSPS) is 25.8. The van der Waals surface area contributed by atoms with Crippen LogP contribution in [0.5, 0.6) is 0 Å². The summed E-state index contributed by atoms with van der Waals surface area (Å²) in [5.74, 6) is 0.876. The molecule has 0 spiro atoms. The lowest BCUT2D eigenvalue weighted by molar-refractivity contribution is 0.106. The van der Waals surface area contributed by atoms with E-state index in [4.69, 9.17) is 0 Å². The van der Waals surface area contributed by atoms with Crippen molar-refractivity contribution in [2.45, 2.75) is 58.5 Å². The maximum absolute atomic E-state index is 3.42. The summed E-state index contributed by atoms with van der Waals surface area (Å²) in [6.45, 7) is 9.61. The second kappa shape index (κ2) is 6.49. The molecule has 1 heterocycles. The van der Waals surface area contributed by atoms with E-state index in [2.05, 4.69) is 38.0 Å². The highest BCUT2D eigenvalue weighted by Crippen LogP contribution is 2.21. The Balaban J connectivity index is 2.47. The van der Waals surface area contributed by atoms with Gasteiger partial charge in [-0.2, -0.15) is 0 Å². The average molecular weight is 212 g/mol. The number of likely N-dealkylation sites (N-methyl/N-ethyl adjacent to an activating group) is 1. The van der Waals surface area contributed by atoms with Crippen LogP contribution < -0.4 is 5.32 Å². The average Bonchev–Trinajstić information content (AvgIpc) is 2.30. The third-order valence-corrected chi connectivity index (χ3v) is 4.17. The van der Waals surface area contributed by atoms with Gasteiger partial charge in [-0.1, -0.05) is 26.7 Å². The standard InChI is InChI=1S/C13H28N2/c1-5-12(6-2)11(3)15-9-7-8-13(10-15)14-4/h11-14H,5-10H2,1-4H3. The molecule has 0 aromatic heterocycles. The lowest BCUT2D eigenvalue weighted by Gasteiger charge is -2.39. The van der Waals surface area contributed by atoms with Crippen LogP contribution in [0.4, 0.5) is 0 Å². The summed E-state index contributed by atoms with van der Waals surface area (Å²) in [6, 6.07) is 1.48. The van der Waals surface area contributed by atoms with Crippen molar-refractivity contribution in [2.24, 2.45) is 5.92 Å². The molecule has 1 N–H and O–H groups in total. The summed E-state index contributed by atoms with van der Waals surface area (Å²) in [4.78, 5) is 2.68. The zero-order valence-electron chi connectivity index (χ0n) is 10.9. The number of piperidine rings is 1. The number of nitrogens with one attached hydrogen (secondary N) is 1. The number of hydrogen-bond acceptors (Lipinski definition) is 2. The molecule has 2 heteroatoms. The Hall–Kier alpha value is -0.0800. The highest BCUT2D eigenvalue weighted by molar-refractivity contribution is 4.82. The zero-order chi connectivity index (χ0) is 11.3. The Morgan fingerprint density at radius 3 is 2.53 bits per heavy atom. The summed E-state index contributed by atoms with van der Waals surface area (Å²) in [5.41, 5.74) is 0. The number of nitrogens with zero attached hydrogens (tertiary/aromatic N) is 1. The summed E-state index contributed by atoms with van der Waals surface area (Å²) in [7, 11) is 2.09. The van der Waals surface area contributed by atoms with Crippen LogP contribution in [0, 0.1) is 5.92 Å². The molecule has 0 amide bonds. The van der Waals surface area contributed by atoms with Crippen LogP contribution in [0.25, 0.3) is 0 Å². The molecule has 0 saturated carbocycles. The van der Waals surface area contributed by atoms with Crippen molar-refractivity contribution < 1.29 is 0 Å². The maximum atomic E-state index is 3.42. The Morgan fingerprint density at radius 2 is 2.00 bits per heavy atom. The predicted octanol–water partition coefficient (Wildman–Crippen LogP) is 2.49. The monoisotopic (exact) mass is 212 g/mol. The molecule has 0 radical (unpaired) electrons. The van der Waals surface area contributed by atoms with Crippen LogP contribution in [0.1, 0.15) is 46.5 Å². The maximum Gasteiger partial charge on any atom is 0.0192 e. The smallest absolute Gasteiger partial charge is 0.0192 e. The van der Waals surface area contributed by atoms with E-state index in [1.807, 2.05) is 0 Å². The highest BCUT2D eigenvalue weighted by Gasteiger charge is 2.25. The minimum atomic E-state index is 0.718. The van der Waals surface area contributed by atoms with Gasteiger partial charge in [-0.05, 0) is 39.3 Å². The van der Waals surface area contributed by atoms with Gasteiger partial charge in [0.25, 0.3) is 0 Å². The molecule has 1 fully saturated rings. The molecule has 1 aliphatic rings.